The molecule has 37 heavy (non-hydrogen) atoms. The number of nitrogens with one attached hydrogen (secondary N) is 2. The van der Waals surface area contributed by atoms with Crippen molar-refractivity contribution >= 4 is 34.1 Å². The van der Waals surface area contributed by atoms with Gasteiger partial charge in [-0.25, -0.2) is 9.50 Å². The van der Waals surface area contributed by atoms with E-state index in [2.05, 4.69) is 44.3 Å². The third-order valence-corrected chi connectivity index (χ3v) is 7.74. The van der Waals surface area contributed by atoms with Crippen molar-refractivity contribution in [2.45, 2.75) is 12.8 Å². The molecule has 4 aromatic heterocycles. The van der Waals surface area contributed by atoms with Gasteiger partial charge < -0.3 is 25.0 Å². The lowest BCUT2D eigenvalue weighted by molar-refractivity contribution is -0.121. The van der Waals surface area contributed by atoms with Crippen LogP contribution in [-0.4, -0.2) is 99.5 Å². The van der Waals surface area contributed by atoms with Gasteiger partial charge in [-0.05, 0) is 63.8 Å². The first-order valence-corrected chi connectivity index (χ1v) is 12.9. The van der Waals surface area contributed by atoms with Gasteiger partial charge in [-0.2, -0.15) is 5.10 Å². The molecule has 0 aliphatic carbocycles. The molecular weight excluding hydrogens is 468 g/mol. The number of rotatable bonds is 4. The SMILES string of the molecule is CN1CCC(C(=O)Nc2cnc3[nH]cc(-c4ccn5ncc(C(=O)N6CCN(C)CC6)c5c4)c3c2)CC1. The first-order valence-electron chi connectivity index (χ1n) is 12.9. The van der Waals surface area contributed by atoms with Crippen LogP contribution in [0.2, 0.25) is 0 Å². The summed E-state index contributed by atoms with van der Waals surface area (Å²) in [6.07, 6.45) is 8.89. The van der Waals surface area contributed by atoms with Crippen LogP contribution in [0.4, 0.5) is 5.69 Å². The van der Waals surface area contributed by atoms with Crippen LogP contribution < -0.4 is 5.32 Å². The Morgan fingerprint density at radius 1 is 1.00 bits per heavy atom. The lowest BCUT2D eigenvalue weighted by atomic mass is 9.96. The summed E-state index contributed by atoms with van der Waals surface area (Å²) >= 11 is 0. The Morgan fingerprint density at radius 2 is 1.76 bits per heavy atom. The molecule has 0 spiro atoms. The zero-order valence-corrected chi connectivity index (χ0v) is 21.3. The predicted molar refractivity (Wildman–Crippen MR) is 143 cm³/mol. The van der Waals surface area contributed by atoms with E-state index in [9.17, 15) is 9.59 Å². The van der Waals surface area contributed by atoms with Crippen molar-refractivity contribution in [2.24, 2.45) is 5.92 Å². The summed E-state index contributed by atoms with van der Waals surface area (Å²) in [7, 11) is 4.16. The number of likely N-dealkylation sites (N-methyl/N-ethyl adjacent to an activating group) is 1. The lowest BCUT2D eigenvalue weighted by Gasteiger charge is -2.32. The summed E-state index contributed by atoms with van der Waals surface area (Å²) in [5.41, 5.74) is 4.72. The summed E-state index contributed by atoms with van der Waals surface area (Å²) in [6.45, 7) is 5.05. The van der Waals surface area contributed by atoms with Gasteiger partial charge >= 0.3 is 0 Å². The van der Waals surface area contributed by atoms with E-state index in [4.69, 9.17) is 0 Å². The molecule has 0 aromatic carbocycles. The van der Waals surface area contributed by atoms with Crippen LogP contribution in [0.15, 0.2) is 43.0 Å². The number of hydrogen-bond acceptors (Lipinski definition) is 6. The average Bonchev–Trinajstić information content (AvgIpc) is 3.52. The van der Waals surface area contributed by atoms with Gasteiger partial charge in [-0.3, -0.25) is 9.59 Å². The Hall–Kier alpha value is -3.76. The largest absolute Gasteiger partial charge is 0.346 e. The minimum atomic E-state index is 0.0137. The maximum Gasteiger partial charge on any atom is 0.257 e. The number of aromatic nitrogens is 4. The summed E-state index contributed by atoms with van der Waals surface area (Å²) in [4.78, 5) is 40.3. The molecule has 6 heterocycles. The molecule has 6 rings (SSSR count). The van der Waals surface area contributed by atoms with Gasteiger partial charge in [0, 0.05) is 55.4 Å². The maximum atomic E-state index is 13.3. The highest BCUT2D eigenvalue weighted by Crippen LogP contribution is 2.31. The number of hydrogen-bond donors (Lipinski definition) is 2. The molecule has 0 saturated carbocycles. The van der Waals surface area contributed by atoms with Gasteiger partial charge in [0.05, 0.1) is 29.2 Å². The van der Waals surface area contributed by atoms with Gasteiger partial charge in [-0.15, -0.1) is 0 Å². The number of piperidine rings is 1. The van der Waals surface area contributed by atoms with Gasteiger partial charge in [-0.1, -0.05) is 0 Å². The van der Waals surface area contributed by atoms with E-state index in [1.165, 1.54) is 0 Å². The van der Waals surface area contributed by atoms with Crippen LogP contribution in [0.25, 0.3) is 27.7 Å². The molecule has 2 N–H and O–H groups in total. The number of pyridine rings is 2. The van der Waals surface area contributed by atoms with Crippen LogP contribution in [0, 0.1) is 5.92 Å². The number of H-pyrrole nitrogens is 1. The Bertz CT molecular complexity index is 1460. The van der Waals surface area contributed by atoms with Crippen LogP contribution in [0.1, 0.15) is 23.2 Å². The zero-order chi connectivity index (χ0) is 25.5. The van der Waals surface area contributed by atoms with Gasteiger partial charge in [0.25, 0.3) is 5.91 Å². The van der Waals surface area contributed by atoms with Crippen LogP contribution in [-0.2, 0) is 4.79 Å². The molecule has 10 nitrogen and oxygen atoms in total. The quantitative estimate of drug-likeness (QED) is 0.447. The summed E-state index contributed by atoms with van der Waals surface area (Å²) in [5.74, 6) is 0.0944. The van der Waals surface area contributed by atoms with E-state index in [0.29, 0.717) is 24.3 Å². The number of fused-ring (bicyclic) bond motifs is 2. The molecule has 0 radical (unpaired) electrons. The van der Waals surface area contributed by atoms with Crippen molar-refractivity contribution in [2.75, 3.05) is 58.7 Å². The molecule has 2 saturated heterocycles. The molecule has 10 heteroatoms. The van der Waals surface area contributed by atoms with Crippen LogP contribution >= 0.6 is 0 Å². The first kappa shape index (κ1) is 23.6. The van der Waals surface area contributed by atoms with Gasteiger partial charge in [0.15, 0.2) is 0 Å². The molecular formula is C27H32N8O2. The number of amides is 2. The van der Waals surface area contributed by atoms with E-state index >= 15 is 0 Å². The number of piperazine rings is 1. The average molecular weight is 501 g/mol. The fourth-order valence-corrected chi connectivity index (χ4v) is 5.32. The predicted octanol–water partition coefficient (Wildman–Crippen LogP) is 2.55. The van der Waals surface area contributed by atoms with Crippen LogP contribution in [0.5, 0.6) is 0 Å². The molecule has 2 fully saturated rings. The highest BCUT2D eigenvalue weighted by molar-refractivity contribution is 6.03. The van der Waals surface area contributed by atoms with E-state index in [1.807, 2.05) is 35.5 Å². The van der Waals surface area contributed by atoms with E-state index in [0.717, 1.165) is 66.7 Å². The van der Waals surface area contributed by atoms with Crippen molar-refractivity contribution in [3.05, 3.63) is 48.5 Å². The zero-order valence-electron chi connectivity index (χ0n) is 21.3. The Morgan fingerprint density at radius 3 is 2.54 bits per heavy atom. The summed E-state index contributed by atoms with van der Waals surface area (Å²) in [6, 6.07) is 5.96. The summed E-state index contributed by atoms with van der Waals surface area (Å²) < 4.78 is 1.74. The lowest BCUT2D eigenvalue weighted by Crippen LogP contribution is -2.47. The second-order valence-electron chi connectivity index (χ2n) is 10.3. The first-order chi connectivity index (χ1) is 18.0. The monoisotopic (exact) mass is 500 g/mol. The Balaban J connectivity index is 1.28. The fraction of sp³-hybridized carbons (Fsp3) is 0.407. The smallest absolute Gasteiger partial charge is 0.257 e. The van der Waals surface area contributed by atoms with Crippen LogP contribution in [0.3, 0.4) is 0 Å². The van der Waals surface area contributed by atoms with Crippen molar-refractivity contribution in [1.29, 1.82) is 0 Å². The molecule has 0 atom stereocenters. The van der Waals surface area contributed by atoms with Gasteiger partial charge in [0.2, 0.25) is 5.91 Å². The van der Waals surface area contributed by atoms with E-state index < -0.39 is 0 Å². The number of likely N-dealkylation sites (tertiary alicyclic amines) is 1. The number of aromatic amines is 1. The molecule has 4 aromatic rings. The number of carbonyl (C=O) groups is 2. The second kappa shape index (κ2) is 9.60. The highest BCUT2D eigenvalue weighted by atomic mass is 16.2. The van der Waals surface area contributed by atoms with Crippen molar-refractivity contribution in [3.8, 4) is 11.1 Å². The molecule has 2 aliphatic heterocycles. The molecule has 0 unspecified atom stereocenters. The minimum absolute atomic E-state index is 0.0137. The third-order valence-electron chi connectivity index (χ3n) is 7.74. The molecule has 192 valence electrons. The third kappa shape index (κ3) is 4.58. The van der Waals surface area contributed by atoms with Crippen molar-refractivity contribution in [3.63, 3.8) is 0 Å². The Kier molecular flexibility index (Phi) is 6.13. The van der Waals surface area contributed by atoms with E-state index in [-0.39, 0.29) is 17.7 Å². The highest BCUT2D eigenvalue weighted by Gasteiger charge is 2.25. The molecule has 0 bridgehead atoms. The molecule has 2 amide bonds. The number of anilines is 1. The number of nitrogens with zero attached hydrogens (tertiary/aromatic N) is 6. The number of carbonyl (C=O) groups excluding carboxylic acids is 2. The maximum absolute atomic E-state index is 13.3. The standard InChI is InChI=1S/C27H32N8O2/c1-32-6-3-18(4-7-32)26(36)31-20-14-21-22(16-29-25(21)28-15-20)19-5-8-35-24(13-19)23(17-30-35)27(37)34-11-9-33(2)10-12-34/h5,8,13-18H,3-4,6-7,9-12H2,1-2H3,(H,28,29)(H,31,36). The minimum Gasteiger partial charge on any atom is -0.346 e. The van der Waals surface area contributed by atoms with Crippen molar-refractivity contribution < 1.29 is 9.59 Å². The van der Waals surface area contributed by atoms with Gasteiger partial charge in [0.1, 0.15) is 5.65 Å². The Labute approximate surface area is 215 Å². The topological polar surface area (TPSA) is 102 Å². The van der Waals surface area contributed by atoms with E-state index in [1.54, 1.807) is 16.9 Å². The van der Waals surface area contributed by atoms with Crippen molar-refractivity contribution in [1.82, 2.24) is 34.3 Å². The summed E-state index contributed by atoms with van der Waals surface area (Å²) in [5, 5.41) is 8.41. The normalized spacial score (nSPS) is 18.1. The molecule has 2 aliphatic rings. The second-order valence-corrected chi connectivity index (χ2v) is 10.3. The fourth-order valence-electron chi connectivity index (χ4n) is 5.32.